The van der Waals surface area contributed by atoms with Crippen molar-refractivity contribution in [3.63, 3.8) is 0 Å². The van der Waals surface area contributed by atoms with Gasteiger partial charge >= 0.3 is 0 Å². The Morgan fingerprint density at radius 3 is 2.21 bits per heavy atom. The van der Waals surface area contributed by atoms with Crippen LogP contribution in [0.4, 0.5) is 0 Å². The summed E-state index contributed by atoms with van der Waals surface area (Å²) in [7, 11) is -1.84. The molecule has 0 fully saturated rings. The SMILES string of the molecule is CC(C)OCC(CO)N(C)S(C)(=O)=O. The van der Waals surface area contributed by atoms with Crippen LogP contribution in [0.2, 0.25) is 0 Å². The molecule has 0 aliphatic rings. The first-order chi connectivity index (χ1) is 6.29. The lowest BCUT2D eigenvalue weighted by molar-refractivity contribution is 0.0320. The molecule has 0 radical (unpaired) electrons. The summed E-state index contributed by atoms with van der Waals surface area (Å²) in [6, 6.07) is -0.507. The number of likely N-dealkylation sites (N-methyl/N-ethyl adjacent to an activating group) is 1. The minimum Gasteiger partial charge on any atom is -0.395 e. The molecule has 5 nitrogen and oxygen atoms in total. The Hall–Kier alpha value is -0.170. The van der Waals surface area contributed by atoms with Crippen molar-refractivity contribution >= 4 is 10.0 Å². The van der Waals surface area contributed by atoms with Crippen LogP contribution in [0.25, 0.3) is 0 Å². The quantitative estimate of drug-likeness (QED) is 0.672. The summed E-state index contributed by atoms with van der Waals surface area (Å²) >= 11 is 0. The fourth-order valence-electron chi connectivity index (χ4n) is 0.847. The summed E-state index contributed by atoms with van der Waals surface area (Å²) in [6.07, 6.45) is 1.13. The lowest BCUT2D eigenvalue weighted by Gasteiger charge is -2.24. The molecule has 0 aliphatic carbocycles. The van der Waals surface area contributed by atoms with E-state index >= 15 is 0 Å². The molecular formula is C8H19NO4S. The molecule has 1 N–H and O–H groups in total. The van der Waals surface area contributed by atoms with Crippen molar-refractivity contribution < 1.29 is 18.3 Å². The summed E-state index contributed by atoms with van der Waals surface area (Å²) < 4.78 is 28.6. The second-order valence-electron chi connectivity index (χ2n) is 3.50. The molecule has 0 aromatic rings. The van der Waals surface area contributed by atoms with Gasteiger partial charge in [0.2, 0.25) is 10.0 Å². The van der Waals surface area contributed by atoms with Gasteiger partial charge in [-0.2, -0.15) is 4.31 Å². The molecule has 86 valence electrons. The van der Waals surface area contributed by atoms with E-state index in [-0.39, 0.29) is 19.3 Å². The monoisotopic (exact) mass is 225 g/mol. The topological polar surface area (TPSA) is 66.8 Å². The minimum absolute atomic E-state index is 0.0250. The summed E-state index contributed by atoms with van der Waals surface area (Å²) in [4.78, 5) is 0. The van der Waals surface area contributed by atoms with Crippen LogP contribution in [-0.4, -0.2) is 56.5 Å². The maximum absolute atomic E-state index is 11.1. The van der Waals surface area contributed by atoms with Crippen LogP contribution < -0.4 is 0 Å². The van der Waals surface area contributed by atoms with E-state index in [9.17, 15) is 8.42 Å². The molecule has 1 unspecified atom stereocenters. The van der Waals surface area contributed by atoms with Gasteiger partial charge in [0, 0.05) is 7.05 Å². The average molecular weight is 225 g/mol. The molecule has 0 spiro atoms. The largest absolute Gasteiger partial charge is 0.395 e. The second-order valence-corrected chi connectivity index (χ2v) is 5.54. The molecule has 0 aromatic carbocycles. The number of sulfonamides is 1. The molecule has 6 heteroatoms. The van der Waals surface area contributed by atoms with Crippen molar-refractivity contribution in [2.75, 3.05) is 26.5 Å². The van der Waals surface area contributed by atoms with Crippen LogP contribution in [0.15, 0.2) is 0 Å². The van der Waals surface area contributed by atoms with Gasteiger partial charge in [0.15, 0.2) is 0 Å². The van der Waals surface area contributed by atoms with Crippen LogP contribution in [-0.2, 0) is 14.8 Å². The lowest BCUT2D eigenvalue weighted by Crippen LogP contribution is -2.42. The number of aliphatic hydroxyl groups excluding tert-OH is 1. The molecule has 0 heterocycles. The third kappa shape index (κ3) is 4.90. The van der Waals surface area contributed by atoms with Crippen LogP contribution >= 0.6 is 0 Å². The highest BCUT2D eigenvalue weighted by molar-refractivity contribution is 7.88. The van der Waals surface area contributed by atoms with Crippen molar-refractivity contribution in [1.29, 1.82) is 0 Å². The molecule has 0 aliphatic heterocycles. The van der Waals surface area contributed by atoms with Crippen LogP contribution in [0, 0.1) is 0 Å². The molecule has 14 heavy (non-hydrogen) atoms. The van der Waals surface area contributed by atoms with E-state index in [0.717, 1.165) is 10.6 Å². The first-order valence-corrected chi connectivity index (χ1v) is 6.29. The van der Waals surface area contributed by atoms with Crippen LogP contribution in [0.1, 0.15) is 13.8 Å². The number of nitrogens with zero attached hydrogens (tertiary/aromatic N) is 1. The van der Waals surface area contributed by atoms with Gasteiger partial charge < -0.3 is 9.84 Å². The molecule has 1 atom stereocenters. The van der Waals surface area contributed by atoms with Crippen molar-refractivity contribution in [1.82, 2.24) is 4.31 Å². The molecule has 0 aromatic heterocycles. The standard InChI is InChI=1S/C8H19NO4S/c1-7(2)13-6-8(5-10)9(3)14(4,11)12/h7-8,10H,5-6H2,1-4H3. The Labute approximate surface area is 85.7 Å². The predicted molar refractivity (Wildman–Crippen MR) is 54.6 cm³/mol. The lowest BCUT2D eigenvalue weighted by atomic mass is 10.3. The number of ether oxygens (including phenoxy) is 1. The van der Waals surface area contributed by atoms with Gasteiger partial charge in [-0.3, -0.25) is 0 Å². The van der Waals surface area contributed by atoms with Crippen molar-refractivity contribution in [2.45, 2.75) is 26.0 Å². The van der Waals surface area contributed by atoms with Gasteiger partial charge in [0.1, 0.15) is 0 Å². The maximum Gasteiger partial charge on any atom is 0.211 e. The Kier molecular flexibility index (Phi) is 5.58. The number of hydrogen-bond donors (Lipinski definition) is 1. The first-order valence-electron chi connectivity index (χ1n) is 4.44. The molecular weight excluding hydrogens is 206 g/mol. The Bertz CT molecular complexity index is 250. The zero-order valence-electron chi connectivity index (χ0n) is 9.10. The molecule has 0 bridgehead atoms. The first kappa shape index (κ1) is 13.8. The zero-order chi connectivity index (χ0) is 11.4. The summed E-state index contributed by atoms with van der Waals surface area (Å²) in [5.41, 5.74) is 0. The Morgan fingerprint density at radius 1 is 1.43 bits per heavy atom. The summed E-state index contributed by atoms with van der Waals surface area (Å²) in [6.45, 7) is 3.68. The van der Waals surface area contributed by atoms with Gasteiger partial charge in [0.05, 0.1) is 31.6 Å². The van der Waals surface area contributed by atoms with E-state index in [2.05, 4.69) is 0 Å². The highest BCUT2D eigenvalue weighted by atomic mass is 32.2. The van der Waals surface area contributed by atoms with Gasteiger partial charge in [-0.15, -0.1) is 0 Å². The third-order valence-corrected chi connectivity index (χ3v) is 3.21. The van der Waals surface area contributed by atoms with Gasteiger partial charge in [-0.05, 0) is 13.8 Å². The van der Waals surface area contributed by atoms with Crippen molar-refractivity contribution in [2.24, 2.45) is 0 Å². The second kappa shape index (κ2) is 5.65. The fourth-order valence-corrected chi connectivity index (χ4v) is 1.52. The highest BCUT2D eigenvalue weighted by Gasteiger charge is 2.22. The Balaban J connectivity index is 4.27. The highest BCUT2D eigenvalue weighted by Crippen LogP contribution is 2.03. The van der Waals surface area contributed by atoms with E-state index < -0.39 is 16.1 Å². The van der Waals surface area contributed by atoms with E-state index in [1.165, 1.54) is 7.05 Å². The minimum atomic E-state index is -3.27. The van der Waals surface area contributed by atoms with E-state index in [1.54, 1.807) is 0 Å². The van der Waals surface area contributed by atoms with Crippen molar-refractivity contribution in [3.8, 4) is 0 Å². The molecule has 0 saturated carbocycles. The summed E-state index contributed by atoms with van der Waals surface area (Å²) in [5, 5.41) is 8.99. The normalized spacial score (nSPS) is 15.1. The molecule has 0 rings (SSSR count). The van der Waals surface area contributed by atoms with Gasteiger partial charge in [0.25, 0.3) is 0 Å². The number of hydrogen-bond acceptors (Lipinski definition) is 4. The zero-order valence-corrected chi connectivity index (χ0v) is 9.91. The maximum atomic E-state index is 11.1. The van der Waals surface area contributed by atoms with Gasteiger partial charge in [-0.1, -0.05) is 0 Å². The molecule has 0 saturated heterocycles. The van der Waals surface area contributed by atoms with Crippen LogP contribution in [0.5, 0.6) is 0 Å². The number of rotatable bonds is 6. The van der Waals surface area contributed by atoms with E-state index in [1.807, 2.05) is 13.8 Å². The smallest absolute Gasteiger partial charge is 0.211 e. The Morgan fingerprint density at radius 2 is 1.93 bits per heavy atom. The molecule has 0 amide bonds. The van der Waals surface area contributed by atoms with E-state index in [4.69, 9.17) is 9.84 Å². The van der Waals surface area contributed by atoms with Gasteiger partial charge in [-0.25, -0.2) is 8.42 Å². The average Bonchev–Trinajstić information content (AvgIpc) is 2.03. The fraction of sp³-hybridized carbons (Fsp3) is 1.00. The predicted octanol–water partition coefficient (Wildman–Crippen LogP) is -0.336. The van der Waals surface area contributed by atoms with Crippen molar-refractivity contribution in [3.05, 3.63) is 0 Å². The number of aliphatic hydroxyl groups is 1. The summed E-state index contributed by atoms with van der Waals surface area (Å²) in [5.74, 6) is 0. The van der Waals surface area contributed by atoms with Crippen LogP contribution in [0.3, 0.4) is 0 Å². The third-order valence-electron chi connectivity index (χ3n) is 1.87. The van der Waals surface area contributed by atoms with E-state index in [0.29, 0.717) is 0 Å².